The third-order valence-electron chi connectivity index (χ3n) is 4.94. The van der Waals surface area contributed by atoms with Crippen molar-refractivity contribution in [3.05, 3.63) is 65.0 Å². The Hall–Kier alpha value is -3.39. The third kappa shape index (κ3) is 3.99. The van der Waals surface area contributed by atoms with E-state index in [1.807, 2.05) is 19.0 Å². The highest BCUT2D eigenvalue weighted by Gasteiger charge is 2.46. The number of nitrogens with zero attached hydrogens (tertiary/aromatic N) is 2. The lowest BCUT2D eigenvalue weighted by atomic mass is 9.95. The number of ketones is 1. The van der Waals surface area contributed by atoms with E-state index in [1.165, 1.54) is 36.3 Å². The number of amides is 1. The summed E-state index contributed by atoms with van der Waals surface area (Å²) in [5.74, 6) is -2.88. The number of phenols is 1. The van der Waals surface area contributed by atoms with Crippen LogP contribution in [0.5, 0.6) is 11.5 Å². The van der Waals surface area contributed by atoms with E-state index in [0.29, 0.717) is 12.1 Å². The summed E-state index contributed by atoms with van der Waals surface area (Å²) < 4.78 is 19.1. The van der Waals surface area contributed by atoms with Crippen molar-refractivity contribution in [2.75, 3.05) is 34.3 Å². The molecule has 0 aliphatic carbocycles. The Morgan fingerprint density at radius 2 is 1.93 bits per heavy atom. The van der Waals surface area contributed by atoms with Gasteiger partial charge in [0, 0.05) is 18.7 Å². The molecule has 158 valence electrons. The van der Waals surface area contributed by atoms with Crippen LogP contribution in [-0.4, -0.2) is 66.0 Å². The van der Waals surface area contributed by atoms with E-state index in [1.54, 1.807) is 12.1 Å². The summed E-state index contributed by atoms with van der Waals surface area (Å²) in [6.45, 7) is 0.713. The Labute approximate surface area is 173 Å². The van der Waals surface area contributed by atoms with Crippen LogP contribution < -0.4 is 4.74 Å². The first-order valence-electron chi connectivity index (χ1n) is 9.30. The van der Waals surface area contributed by atoms with Crippen LogP contribution in [0.3, 0.4) is 0 Å². The largest absolute Gasteiger partial charge is 0.508 e. The molecule has 1 aliphatic heterocycles. The normalized spacial score (nSPS) is 18.3. The first-order chi connectivity index (χ1) is 14.2. The summed E-state index contributed by atoms with van der Waals surface area (Å²) in [4.78, 5) is 28.8. The van der Waals surface area contributed by atoms with Gasteiger partial charge in [-0.3, -0.25) is 9.59 Å². The number of likely N-dealkylation sites (N-methyl/N-ethyl adjacent to an activating group) is 1. The Bertz CT molecular complexity index is 1020. The quantitative estimate of drug-likeness (QED) is 0.429. The molecular weight excluding hydrogens is 391 g/mol. The summed E-state index contributed by atoms with van der Waals surface area (Å²) >= 11 is 0. The van der Waals surface area contributed by atoms with E-state index < -0.39 is 29.3 Å². The van der Waals surface area contributed by atoms with Crippen LogP contribution in [-0.2, 0) is 9.59 Å². The second-order valence-electron chi connectivity index (χ2n) is 7.24. The molecule has 2 N–H and O–H groups in total. The molecule has 0 saturated carbocycles. The van der Waals surface area contributed by atoms with Crippen molar-refractivity contribution in [3.63, 3.8) is 0 Å². The molecule has 30 heavy (non-hydrogen) atoms. The topological polar surface area (TPSA) is 90.3 Å². The molecule has 0 aromatic heterocycles. The van der Waals surface area contributed by atoms with Gasteiger partial charge in [0.05, 0.1) is 18.7 Å². The molecule has 1 amide bonds. The molecule has 2 aromatic carbocycles. The maximum Gasteiger partial charge on any atom is 0.295 e. The Kier molecular flexibility index (Phi) is 6.07. The lowest BCUT2D eigenvalue weighted by Gasteiger charge is -2.26. The molecule has 1 aliphatic rings. The molecule has 2 aromatic rings. The maximum atomic E-state index is 14.2. The number of halogens is 1. The van der Waals surface area contributed by atoms with Crippen LogP contribution in [0, 0.1) is 5.82 Å². The van der Waals surface area contributed by atoms with E-state index in [4.69, 9.17) is 4.74 Å². The fraction of sp³-hybridized carbons (Fsp3) is 0.273. The standard InChI is InChI=1S/C22H23FN2O5/c1-24(2)9-10-25-19(13-5-4-6-15(26)11-13)18(21(28)22(25)29)20(27)14-7-8-17(30-3)16(23)12-14/h4-8,11-12,19,26-27H,9-10H2,1-3H3/t19-/m1/s1. The number of carbonyl (C=O) groups is 2. The predicted molar refractivity (Wildman–Crippen MR) is 109 cm³/mol. The lowest BCUT2D eigenvalue weighted by molar-refractivity contribution is -0.140. The zero-order chi connectivity index (χ0) is 22.0. The van der Waals surface area contributed by atoms with Crippen LogP contribution in [0.25, 0.3) is 5.76 Å². The molecule has 1 atom stereocenters. The number of hydrogen-bond donors (Lipinski definition) is 2. The van der Waals surface area contributed by atoms with Crippen molar-refractivity contribution in [1.82, 2.24) is 9.80 Å². The number of methoxy groups -OCH3 is 1. The van der Waals surface area contributed by atoms with Crippen LogP contribution in [0.2, 0.25) is 0 Å². The highest BCUT2D eigenvalue weighted by Crippen LogP contribution is 2.40. The fourth-order valence-corrected chi connectivity index (χ4v) is 3.43. The molecule has 0 radical (unpaired) electrons. The van der Waals surface area contributed by atoms with Crippen LogP contribution >= 0.6 is 0 Å². The van der Waals surface area contributed by atoms with Gasteiger partial charge in [-0.1, -0.05) is 12.1 Å². The minimum atomic E-state index is -0.915. The van der Waals surface area contributed by atoms with Gasteiger partial charge < -0.3 is 24.7 Å². The number of aromatic hydroxyl groups is 1. The number of hydrogen-bond acceptors (Lipinski definition) is 6. The van der Waals surface area contributed by atoms with Crippen LogP contribution in [0.1, 0.15) is 17.2 Å². The molecular formula is C22H23FN2O5. The zero-order valence-corrected chi connectivity index (χ0v) is 16.9. The van der Waals surface area contributed by atoms with Gasteiger partial charge in [-0.05, 0) is 50.0 Å². The monoisotopic (exact) mass is 414 g/mol. The maximum absolute atomic E-state index is 14.2. The molecule has 0 spiro atoms. The average molecular weight is 414 g/mol. The van der Waals surface area contributed by atoms with Crippen molar-refractivity contribution in [2.24, 2.45) is 0 Å². The molecule has 1 heterocycles. The van der Waals surface area contributed by atoms with Crippen molar-refractivity contribution in [1.29, 1.82) is 0 Å². The van der Waals surface area contributed by atoms with Gasteiger partial charge in [-0.25, -0.2) is 4.39 Å². The third-order valence-corrected chi connectivity index (χ3v) is 4.94. The van der Waals surface area contributed by atoms with Gasteiger partial charge in [0.15, 0.2) is 11.6 Å². The SMILES string of the molecule is COc1ccc(C(O)=C2C(=O)C(=O)N(CCN(C)C)[C@@H]2c2cccc(O)c2)cc1F. The number of rotatable bonds is 6. The summed E-state index contributed by atoms with van der Waals surface area (Å²) in [5.41, 5.74) is 0.349. The summed E-state index contributed by atoms with van der Waals surface area (Å²) in [6.07, 6.45) is 0. The molecule has 8 heteroatoms. The van der Waals surface area contributed by atoms with Gasteiger partial charge in [0.2, 0.25) is 0 Å². The van der Waals surface area contributed by atoms with Crippen LogP contribution in [0.4, 0.5) is 4.39 Å². The van der Waals surface area contributed by atoms with Gasteiger partial charge in [0.1, 0.15) is 11.5 Å². The first-order valence-corrected chi connectivity index (χ1v) is 9.30. The Balaban J connectivity index is 2.16. The molecule has 7 nitrogen and oxygen atoms in total. The second-order valence-corrected chi connectivity index (χ2v) is 7.24. The second kappa shape index (κ2) is 8.54. The van der Waals surface area contributed by atoms with E-state index in [0.717, 1.165) is 6.07 Å². The smallest absolute Gasteiger partial charge is 0.295 e. The van der Waals surface area contributed by atoms with Crippen molar-refractivity contribution < 1.29 is 28.9 Å². The minimum absolute atomic E-state index is 0.0116. The Morgan fingerprint density at radius 3 is 2.53 bits per heavy atom. The molecule has 0 bridgehead atoms. The van der Waals surface area contributed by atoms with Gasteiger partial charge in [-0.2, -0.15) is 0 Å². The van der Waals surface area contributed by atoms with Crippen molar-refractivity contribution in [3.8, 4) is 11.5 Å². The van der Waals surface area contributed by atoms with Gasteiger partial charge >= 0.3 is 0 Å². The number of likely N-dealkylation sites (tertiary alicyclic amines) is 1. The summed E-state index contributed by atoms with van der Waals surface area (Å²) in [7, 11) is 4.98. The number of phenolic OH excluding ortho intramolecular Hbond substituents is 1. The fourth-order valence-electron chi connectivity index (χ4n) is 3.43. The number of ether oxygens (including phenoxy) is 1. The van der Waals surface area contributed by atoms with Crippen molar-refractivity contribution >= 4 is 17.4 Å². The average Bonchev–Trinajstić information content (AvgIpc) is 2.96. The van der Waals surface area contributed by atoms with Gasteiger partial charge in [0.25, 0.3) is 11.7 Å². The first kappa shape index (κ1) is 21.3. The molecule has 0 unspecified atom stereocenters. The minimum Gasteiger partial charge on any atom is -0.508 e. The number of Topliss-reactive ketones (excluding diaryl/α,β-unsaturated/α-hetero) is 1. The highest BCUT2D eigenvalue weighted by atomic mass is 19.1. The van der Waals surface area contributed by atoms with E-state index in [9.17, 15) is 24.2 Å². The molecule has 1 saturated heterocycles. The Morgan fingerprint density at radius 1 is 1.20 bits per heavy atom. The van der Waals surface area contributed by atoms with E-state index in [2.05, 4.69) is 0 Å². The van der Waals surface area contributed by atoms with E-state index >= 15 is 0 Å². The highest BCUT2D eigenvalue weighted by molar-refractivity contribution is 6.46. The van der Waals surface area contributed by atoms with E-state index in [-0.39, 0.29) is 29.2 Å². The summed E-state index contributed by atoms with van der Waals surface area (Å²) in [6, 6.07) is 9.00. The van der Waals surface area contributed by atoms with Crippen LogP contribution in [0.15, 0.2) is 48.0 Å². The number of aliphatic hydroxyl groups is 1. The predicted octanol–water partition coefficient (Wildman–Crippen LogP) is 2.52. The number of carbonyl (C=O) groups excluding carboxylic acids is 2. The number of aliphatic hydroxyl groups excluding tert-OH is 1. The lowest BCUT2D eigenvalue weighted by Crippen LogP contribution is -2.35. The molecule has 3 rings (SSSR count). The van der Waals surface area contributed by atoms with Gasteiger partial charge in [-0.15, -0.1) is 0 Å². The molecule has 1 fully saturated rings. The zero-order valence-electron chi connectivity index (χ0n) is 16.9. The summed E-state index contributed by atoms with van der Waals surface area (Å²) in [5, 5.41) is 20.8. The number of benzene rings is 2. The van der Waals surface area contributed by atoms with Crippen molar-refractivity contribution in [2.45, 2.75) is 6.04 Å².